The molecule has 0 aliphatic heterocycles. The Morgan fingerprint density at radius 3 is 2.17 bits per heavy atom. The van der Waals surface area contributed by atoms with Crippen LogP contribution in [0.5, 0.6) is 0 Å². The first-order valence-electron chi connectivity index (χ1n) is 24.9. The number of fused-ring (bicyclic) bond motifs is 7. The average molecular weight is 1110 g/mol. The summed E-state index contributed by atoms with van der Waals surface area (Å²) < 4.78 is 46.0. The largest absolute Gasteiger partial charge is 0 e. The monoisotopic (exact) mass is 1110 g/mol. The van der Waals surface area contributed by atoms with Crippen LogP contribution in [0.3, 0.4) is 0 Å². The van der Waals surface area contributed by atoms with Crippen molar-refractivity contribution in [1.29, 1.82) is 0 Å². The van der Waals surface area contributed by atoms with Crippen molar-refractivity contribution in [3.05, 3.63) is 168 Å². The summed E-state index contributed by atoms with van der Waals surface area (Å²) in [5.41, 5.74) is 8.78. The molecule has 0 saturated heterocycles. The number of aryl methyl sites for hydroxylation is 1. The summed E-state index contributed by atoms with van der Waals surface area (Å²) in [5.74, 6) is 8.40. The Morgan fingerprint density at radius 1 is 0.754 bits per heavy atom. The van der Waals surface area contributed by atoms with Crippen LogP contribution in [-0.4, -0.2) is 27.8 Å². The molecule has 1 radical (unpaired) electrons. The Labute approximate surface area is 413 Å². The third kappa shape index (κ3) is 9.28. The molecule has 65 heavy (non-hydrogen) atoms. The molecule has 6 heteroatoms. The van der Waals surface area contributed by atoms with Crippen LogP contribution in [0.15, 0.2) is 134 Å². The molecule has 3 aromatic heterocycles. The molecule has 7 aromatic carbocycles. The number of pyridine rings is 1. The first-order valence-corrected chi connectivity index (χ1v) is 30.5. The summed E-state index contributed by atoms with van der Waals surface area (Å²) in [6, 6.07) is 50.8. The van der Waals surface area contributed by atoms with E-state index >= 15 is 0 Å². The third-order valence-corrected chi connectivity index (χ3v) is 17.4. The van der Waals surface area contributed by atoms with Crippen LogP contribution in [0.1, 0.15) is 89.4 Å². The average Bonchev–Trinajstić information content (AvgIpc) is 3.88. The van der Waals surface area contributed by atoms with Gasteiger partial charge in [0.15, 0.2) is 0 Å². The SMILES string of the molecule is CC(C)c1cccc(C(C)C)c1-n1c(-c2[c-]ccc3c2sc2cc4ccc5ccccc5c4cc23)nc2ccccc21.[2H]C([2H])([2H])c1c[c-]c(-c2cc(C([2H])([2H])C(C)(C)C)[c]([Ge]([CH3])([CH3])[CH3])cn2)cc1.[Ir]. The molecule has 3 heterocycles. The van der Waals surface area contributed by atoms with E-state index in [2.05, 4.69) is 170 Å². The van der Waals surface area contributed by atoms with Crippen LogP contribution in [-0.2, 0) is 26.5 Å². The molecule has 0 bridgehead atoms. The summed E-state index contributed by atoms with van der Waals surface area (Å²) in [4.78, 5) is 9.89. The van der Waals surface area contributed by atoms with Gasteiger partial charge in [-0.25, -0.2) is 0 Å². The minimum Gasteiger partial charge on any atom is 0 e. The first kappa shape index (κ1) is 40.4. The van der Waals surface area contributed by atoms with Gasteiger partial charge in [-0.05, 0) is 78.9 Å². The molecule has 0 saturated carbocycles. The number of nitrogens with zero attached hydrogens (tertiary/aromatic N) is 3. The van der Waals surface area contributed by atoms with Gasteiger partial charge in [-0.1, -0.05) is 105 Å². The fourth-order valence-corrected chi connectivity index (χ4v) is 13.0. The van der Waals surface area contributed by atoms with Crippen LogP contribution >= 0.6 is 11.3 Å². The molecule has 0 fully saturated rings. The Kier molecular flexibility index (Phi) is 11.4. The zero-order valence-corrected chi connectivity index (χ0v) is 44.2. The molecule has 331 valence electrons. The van der Waals surface area contributed by atoms with Gasteiger partial charge in [-0.15, -0.1) is 18.2 Å². The molecule has 10 rings (SSSR count). The second kappa shape index (κ2) is 18.4. The van der Waals surface area contributed by atoms with Gasteiger partial charge >= 0.3 is 145 Å². The van der Waals surface area contributed by atoms with Gasteiger partial charge < -0.3 is 4.57 Å². The van der Waals surface area contributed by atoms with Crippen molar-refractivity contribution in [3.63, 3.8) is 0 Å². The van der Waals surface area contributed by atoms with Gasteiger partial charge in [0.05, 0.1) is 16.9 Å². The van der Waals surface area contributed by atoms with E-state index in [1.807, 2.05) is 44.4 Å². The van der Waals surface area contributed by atoms with Gasteiger partial charge in [0.1, 0.15) is 0 Å². The van der Waals surface area contributed by atoms with Crippen LogP contribution < -0.4 is 4.40 Å². The summed E-state index contributed by atoms with van der Waals surface area (Å²) in [6.45, 7) is 12.7. The number of benzene rings is 7. The molecule has 10 aromatic rings. The normalized spacial score (nSPS) is 13.7. The third-order valence-electron chi connectivity index (χ3n) is 12.0. The maximum Gasteiger partial charge on any atom is 0 e. The summed E-state index contributed by atoms with van der Waals surface area (Å²) in [7, 11) is 0. The van der Waals surface area contributed by atoms with Gasteiger partial charge in [0.25, 0.3) is 0 Å². The number of hydrogen-bond donors (Lipinski definition) is 0. The standard InChI is InChI=1S/C39H31N2S.C20H28GeN.Ir/c1-23(2)27-13-9-14-28(24(3)4)37(27)41-35-18-8-7-17-34(35)40-39(41)31-16-10-15-30-33-22-32-26(21-36(33)42-38(30)31)20-19-25-11-5-6-12-29(25)32;1-15-8-10-16(11-9-15)19-12-17(13-20(2,3)4)18(14-22-19)21(5,6)7;/h5-15,17-24H,1-4H3;8-10,12,14H,13H2,1-7H3;/q2*-1;/i;1D3,13D2;. The van der Waals surface area contributed by atoms with Crippen molar-refractivity contribution in [2.45, 2.75) is 90.8 Å². The first-order chi connectivity index (χ1) is 32.5. The van der Waals surface area contributed by atoms with Crippen molar-refractivity contribution in [3.8, 4) is 28.3 Å². The number of hydrogen-bond acceptors (Lipinski definition) is 3. The minimum absolute atomic E-state index is 0. The fourth-order valence-electron chi connectivity index (χ4n) is 8.89. The predicted molar refractivity (Wildman–Crippen MR) is 281 cm³/mol. The van der Waals surface area contributed by atoms with Crippen LogP contribution in [0.4, 0.5) is 0 Å². The number of thiophene rings is 1. The Balaban J connectivity index is 0.000000205. The van der Waals surface area contributed by atoms with Gasteiger partial charge in [-0.3, -0.25) is 4.98 Å². The van der Waals surface area contributed by atoms with Crippen LogP contribution in [0.25, 0.3) is 81.1 Å². The zero-order valence-electron chi connectivity index (χ0n) is 43.9. The van der Waals surface area contributed by atoms with Gasteiger partial charge in [0.2, 0.25) is 0 Å². The molecular formula is C59H59GeIrN3S-2. The number of aromatic nitrogens is 3. The Hall–Kier alpha value is -4.91. The zero-order chi connectivity index (χ0) is 49.4. The van der Waals surface area contributed by atoms with Crippen LogP contribution in [0.2, 0.25) is 17.3 Å². The van der Waals surface area contributed by atoms with Crippen molar-refractivity contribution >= 4 is 81.7 Å². The molecule has 0 aliphatic carbocycles. The molecule has 0 amide bonds. The van der Waals surface area contributed by atoms with Crippen LogP contribution in [0, 0.1) is 24.4 Å². The minimum atomic E-state index is -2.36. The van der Waals surface area contributed by atoms with Crippen molar-refractivity contribution in [2.24, 2.45) is 5.41 Å². The van der Waals surface area contributed by atoms with Crippen molar-refractivity contribution < 1.29 is 27.0 Å². The maximum atomic E-state index is 8.80. The quantitative estimate of drug-likeness (QED) is 0.0905. The second-order valence-corrected chi connectivity index (χ2v) is 31.3. The summed E-state index contributed by atoms with van der Waals surface area (Å²) >= 11 is -0.502. The van der Waals surface area contributed by atoms with E-state index in [0.717, 1.165) is 26.8 Å². The molecule has 0 unspecified atom stereocenters. The molecule has 0 aliphatic rings. The van der Waals surface area contributed by atoms with E-state index in [9.17, 15) is 0 Å². The Morgan fingerprint density at radius 2 is 1.48 bits per heavy atom. The van der Waals surface area contributed by atoms with E-state index in [4.69, 9.17) is 11.8 Å². The number of rotatable bonds is 7. The summed E-state index contributed by atoms with van der Waals surface area (Å²) in [6.07, 6.45) is 0.303. The molecule has 3 nitrogen and oxygen atoms in total. The number of imidazole rings is 1. The van der Waals surface area contributed by atoms with E-state index in [-0.39, 0.29) is 25.7 Å². The van der Waals surface area contributed by atoms with Gasteiger partial charge in [-0.2, -0.15) is 11.3 Å². The number of para-hydroxylation sites is 3. The molecule has 0 N–H and O–H groups in total. The fraction of sp³-hybridized carbons (Fsp3) is 0.254. The topological polar surface area (TPSA) is 30.7 Å². The molecule has 0 atom stereocenters. The van der Waals surface area contributed by atoms with E-state index < -0.39 is 31.9 Å². The van der Waals surface area contributed by atoms with Crippen molar-refractivity contribution in [2.75, 3.05) is 0 Å². The molecule has 0 spiro atoms. The smallest absolute Gasteiger partial charge is 0 e. The Bertz CT molecular complexity index is 3530. The van der Waals surface area contributed by atoms with E-state index in [0.29, 0.717) is 28.7 Å². The maximum absolute atomic E-state index is 8.80. The molecular weight excluding hydrogens is 1050 g/mol. The summed E-state index contributed by atoms with van der Waals surface area (Å²) in [5, 5.41) is 7.71. The second-order valence-electron chi connectivity index (χ2n) is 19.6. The van der Waals surface area contributed by atoms with Crippen molar-refractivity contribution in [1.82, 2.24) is 14.5 Å². The van der Waals surface area contributed by atoms with E-state index in [1.165, 1.54) is 64.6 Å². The van der Waals surface area contributed by atoms with E-state index in [1.54, 1.807) is 12.1 Å². The predicted octanol–water partition coefficient (Wildman–Crippen LogP) is 16.4. The van der Waals surface area contributed by atoms with Gasteiger partial charge in [0, 0.05) is 30.5 Å².